The van der Waals surface area contributed by atoms with Crippen molar-refractivity contribution in [1.29, 1.82) is 0 Å². The summed E-state index contributed by atoms with van der Waals surface area (Å²) in [6, 6.07) is 9.07. The highest BCUT2D eigenvalue weighted by atomic mass is 19.1. The van der Waals surface area contributed by atoms with Crippen LogP contribution in [0.1, 0.15) is 28.8 Å². The number of aromatic nitrogens is 1. The Morgan fingerprint density at radius 2 is 1.80 bits per heavy atom. The molecule has 0 amide bonds. The zero-order valence-corrected chi connectivity index (χ0v) is 11.0. The fourth-order valence-electron chi connectivity index (χ4n) is 1.95. The molecule has 0 bridgehead atoms. The van der Waals surface area contributed by atoms with Gasteiger partial charge >= 0.3 is 0 Å². The van der Waals surface area contributed by atoms with Gasteiger partial charge in [-0.05, 0) is 48.7 Å². The third kappa shape index (κ3) is 3.54. The predicted octanol–water partition coefficient (Wildman–Crippen LogP) is 2.59. The van der Waals surface area contributed by atoms with E-state index in [0.717, 1.165) is 5.56 Å². The average molecular weight is 273 g/mol. The van der Waals surface area contributed by atoms with E-state index in [9.17, 15) is 9.18 Å². The smallest absolute Gasteiger partial charge is 0.162 e. The number of pyridine rings is 1. The molecule has 0 radical (unpaired) electrons. The van der Waals surface area contributed by atoms with E-state index in [0.29, 0.717) is 36.5 Å². The van der Waals surface area contributed by atoms with Crippen LogP contribution in [0.4, 0.5) is 16.0 Å². The molecule has 0 aliphatic heterocycles. The molecule has 20 heavy (non-hydrogen) atoms. The Labute approximate surface area is 116 Å². The minimum atomic E-state index is -0.345. The molecule has 0 saturated carbocycles. The Balaban J connectivity index is 1.89. The van der Waals surface area contributed by atoms with Crippen LogP contribution in [-0.2, 0) is 6.42 Å². The Bertz CT molecular complexity index is 611. The predicted molar refractivity (Wildman–Crippen MR) is 76.7 cm³/mol. The second-order valence-electron chi connectivity index (χ2n) is 4.56. The molecule has 0 aliphatic carbocycles. The molecule has 0 atom stereocenters. The van der Waals surface area contributed by atoms with Crippen LogP contribution in [0.2, 0.25) is 0 Å². The van der Waals surface area contributed by atoms with Crippen LogP contribution < -0.4 is 11.5 Å². The molecule has 0 unspecified atom stereocenters. The van der Waals surface area contributed by atoms with Crippen LogP contribution in [0.15, 0.2) is 36.4 Å². The zero-order chi connectivity index (χ0) is 14.5. The Kier molecular flexibility index (Phi) is 4.30. The summed E-state index contributed by atoms with van der Waals surface area (Å²) < 4.78 is 12.8. The van der Waals surface area contributed by atoms with Gasteiger partial charge < -0.3 is 11.5 Å². The average Bonchev–Trinajstić information content (AvgIpc) is 2.42. The summed E-state index contributed by atoms with van der Waals surface area (Å²) >= 11 is 0. The van der Waals surface area contributed by atoms with Crippen molar-refractivity contribution in [3.8, 4) is 0 Å². The topological polar surface area (TPSA) is 82.0 Å². The summed E-state index contributed by atoms with van der Waals surface area (Å²) in [7, 11) is 0. The Hall–Kier alpha value is -2.43. The van der Waals surface area contributed by atoms with E-state index in [1.807, 2.05) is 6.07 Å². The number of nitrogens with zero attached hydrogens (tertiary/aromatic N) is 1. The van der Waals surface area contributed by atoms with Crippen LogP contribution in [0.25, 0.3) is 0 Å². The number of Topliss-reactive ketones (excluding diaryl/α,β-unsaturated/α-hetero) is 1. The van der Waals surface area contributed by atoms with Crippen molar-refractivity contribution in [3.05, 3.63) is 53.3 Å². The number of carbonyl (C=O) groups excluding carboxylic acids is 1. The van der Waals surface area contributed by atoms with E-state index in [-0.39, 0.29) is 11.6 Å². The molecule has 0 aliphatic rings. The minimum absolute atomic E-state index is 0.00743. The van der Waals surface area contributed by atoms with Gasteiger partial charge in [0.15, 0.2) is 5.78 Å². The summed E-state index contributed by atoms with van der Waals surface area (Å²) in [5, 5.41) is 0. The Morgan fingerprint density at radius 1 is 1.10 bits per heavy atom. The first-order valence-corrected chi connectivity index (χ1v) is 6.36. The number of hydrogen-bond acceptors (Lipinski definition) is 4. The van der Waals surface area contributed by atoms with Crippen LogP contribution >= 0.6 is 0 Å². The van der Waals surface area contributed by atoms with Gasteiger partial charge in [-0.2, -0.15) is 0 Å². The molecule has 0 fully saturated rings. The fraction of sp³-hybridized carbons (Fsp3) is 0.200. The molecule has 1 aromatic carbocycles. The highest BCUT2D eigenvalue weighted by Gasteiger charge is 2.07. The molecule has 0 saturated heterocycles. The minimum Gasteiger partial charge on any atom is -0.384 e. The van der Waals surface area contributed by atoms with Gasteiger partial charge in [-0.15, -0.1) is 0 Å². The fourth-order valence-corrected chi connectivity index (χ4v) is 1.95. The molecule has 4 N–H and O–H groups in total. The molecule has 1 aromatic heterocycles. The first kappa shape index (κ1) is 14.0. The van der Waals surface area contributed by atoms with Crippen LogP contribution in [0.5, 0.6) is 0 Å². The zero-order valence-electron chi connectivity index (χ0n) is 11.0. The van der Waals surface area contributed by atoms with Crippen LogP contribution in [0.3, 0.4) is 0 Å². The van der Waals surface area contributed by atoms with Crippen LogP contribution in [-0.4, -0.2) is 10.8 Å². The first-order valence-electron chi connectivity index (χ1n) is 6.36. The normalized spacial score (nSPS) is 10.4. The van der Waals surface area contributed by atoms with Gasteiger partial charge in [-0.25, -0.2) is 9.37 Å². The molecular weight excluding hydrogens is 257 g/mol. The molecular formula is C15H16FN3O. The van der Waals surface area contributed by atoms with Crippen molar-refractivity contribution in [2.45, 2.75) is 19.3 Å². The number of halogens is 1. The lowest BCUT2D eigenvalue weighted by Crippen LogP contribution is -2.03. The van der Waals surface area contributed by atoms with E-state index in [4.69, 9.17) is 11.5 Å². The SMILES string of the molecule is Nc1ccc(CCCC(=O)c2ccc(F)cc2)c(N)n1. The van der Waals surface area contributed by atoms with E-state index in [1.54, 1.807) is 6.07 Å². The van der Waals surface area contributed by atoms with E-state index in [1.165, 1.54) is 24.3 Å². The van der Waals surface area contributed by atoms with E-state index >= 15 is 0 Å². The number of nitrogens with two attached hydrogens (primary N) is 2. The third-order valence-electron chi connectivity index (χ3n) is 3.05. The quantitative estimate of drug-likeness (QED) is 0.820. The van der Waals surface area contributed by atoms with Gasteiger partial charge in [0.25, 0.3) is 0 Å². The van der Waals surface area contributed by atoms with Crippen molar-refractivity contribution in [1.82, 2.24) is 4.98 Å². The molecule has 5 heteroatoms. The number of carbonyl (C=O) groups is 1. The maximum Gasteiger partial charge on any atom is 0.162 e. The lowest BCUT2D eigenvalue weighted by molar-refractivity contribution is 0.0980. The standard InChI is InChI=1S/C15H16FN3O/c16-12-7-4-10(5-8-12)13(20)3-1-2-11-6-9-14(17)19-15(11)18/h4-9H,1-3H2,(H4,17,18,19). The monoisotopic (exact) mass is 273 g/mol. The number of nitrogen functional groups attached to an aromatic ring is 2. The van der Waals surface area contributed by atoms with Gasteiger partial charge in [0.1, 0.15) is 17.5 Å². The highest BCUT2D eigenvalue weighted by molar-refractivity contribution is 5.95. The number of benzene rings is 1. The van der Waals surface area contributed by atoms with Gasteiger partial charge in [0.05, 0.1) is 0 Å². The van der Waals surface area contributed by atoms with Crippen molar-refractivity contribution in [2.24, 2.45) is 0 Å². The second kappa shape index (κ2) is 6.14. The number of ketones is 1. The lowest BCUT2D eigenvalue weighted by Gasteiger charge is -2.05. The molecule has 4 nitrogen and oxygen atoms in total. The summed E-state index contributed by atoms with van der Waals surface area (Å²) in [6.45, 7) is 0. The first-order chi connectivity index (χ1) is 9.56. The van der Waals surface area contributed by atoms with Gasteiger partial charge in [-0.1, -0.05) is 6.07 Å². The molecule has 2 rings (SSSR count). The van der Waals surface area contributed by atoms with Crippen LogP contribution in [0, 0.1) is 5.82 Å². The van der Waals surface area contributed by atoms with Crippen molar-refractivity contribution in [2.75, 3.05) is 11.5 Å². The van der Waals surface area contributed by atoms with Gasteiger partial charge in [0.2, 0.25) is 0 Å². The summed E-state index contributed by atoms with van der Waals surface area (Å²) in [6.07, 6.45) is 1.70. The van der Waals surface area contributed by atoms with Crippen molar-refractivity contribution in [3.63, 3.8) is 0 Å². The third-order valence-corrected chi connectivity index (χ3v) is 3.05. The maximum absolute atomic E-state index is 12.8. The largest absolute Gasteiger partial charge is 0.384 e. The second-order valence-corrected chi connectivity index (χ2v) is 4.56. The number of hydrogen-bond donors (Lipinski definition) is 2. The Morgan fingerprint density at radius 3 is 2.45 bits per heavy atom. The molecule has 2 aromatic rings. The van der Waals surface area contributed by atoms with E-state index < -0.39 is 0 Å². The molecule has 1 heterocycles. The van der Waals surface area contributed by atoms with E-state index in [2.05, 4.69) is 4.98 Å². The van der Waals surface area contributed by atoms with Gasteiger partial charge in [0, 0.05) is 12.0 Å². The summed E-state index contributed by atoms with van der Waals surface area (Å²) in [5.74, 6) is 0.433. The summed E-state index contributed by atoms with van der Waals surface area (Å²) in [4.78, 5) is 15.9. The molecule has 0 spiro atoms. The van der Waals surface area contributed by atoms with Crippen molar-refractivity contribution < 1.29 is 9.18 Å². The number of anilines is 2. The maximum atomic E-state index is 12.8. The van der Waals surface area contributed by atoms with Crippen molar-refractivity contribution >= 4 is 17.4 Å². The number of rotatable bonds is 5. The lowest BCUT2D eigenvalue weighted by atomic mass is 10.0. The summed E-state index contributed by atoms with van der Waals surface area (Å²) in [5.41, 5.74) is 12.7. The number of aryl methyl sites for hydroxylation is 1. The van der Waals surface area contributed by atoms with Gasteiger partial charge in [-0.3, -0.25) is 4.79 Å². The highest BCUT2D eigenvalue weighted by Crippen LogP contribution is 2.15. The molecule has 104 valence electrons.